The van der Waals surface area contributed by atoms with Crippen LogP contribution in [0.1, 0.15) is 47.2 Å². The molecule has 2 heterocycles. The number of benzene rings is 1. The molecular weight excluding hydrogens is 338 g/mol. The third-order valence-corrected chi connectivity index (χ3v) is 6.29. The molecule has 1 aromatic rings. The normalized spacial score (nSPS) is 19.8. The molecule has 0 bridgehead atoms. The third-order valence-electron chi connectivity index (χ3n) is 6.29. The Kier molecular flexibility index (Phi) is 5.89. The summed E-state index contributed by atoms with van der Waals surface area (Å²) < 4.78 is 0. The maximum atomic E-state index is 13.0. The van der Waals surface area contributed by atoms with Crippen LogP contribution in [0.2, 0.25) is 0 Å². The third kappa shape index (κ3) is 4.52. The zero-order valence-electron chi connectivity index (χ0n) is 17.3. The zero-order chi connectivity index (χ0) is 19.6. The van der Waals surface area contributed by atoms with E-state index in [1.54, 1.807) is 0 Å². The van der Waals surface area contributed by atoms with Crippen LogP contribution in [0.5, 0.6) is 0 Å². The Bertz CT molecular complexity index is 706. The van der Waals surface area contributed by atoms with E-state index in [1.165, 1.54) is 5.56 Å². The number of hydrogen-bond donors (Lipinski definition) is 0. The molecule has 2 amide bonds. The number of hydrogen-bond acceptors (Lipinski definition) is 3. The number of likely N-dealkylation sites (tertiary alicyclic amines) is 2. The highest BCUT2D eigenvalue weighted by Gasteiger charge is 2.41. The summed E-state index contributed by atoms with van der Waals surface area (Å²) in [5, 5.41) is 0. The molecule has 0 aliphatic carbocycles. The quantitative estimate of drug-likeness (QED) is 0.817. The smallest absolute Gasteiger partial charge is 0.254 e. The summed E-state index contributed by atoms with van der Waals surface area (Å²) in [4.78, 5) is 31.4. The minimum absolute atomic E-state index is 0.152. The van der Waals surface area contributed by atoms with Crippen molar-refractivity contribution in [1.82, 2.24) is 14.7 Å². The van der Waals surface area contributed by atoms with Gasteiger partial charge in [-0.25, -0.2) is 0 Å². The molecule has 0 saturated carbocycles. The summed E-state index contributed by atoms with van der Waals surface area (Å²) in [5.74, 6) is 0.440. The van der Waals surface area contributed by atoms with Crippen molar-refractivity contribution in [2.45, 2.75) is 39.5 Å². The minimum Gasteiger partial charge on any atom is -0.341 e. The van der Waals surface area contributed by atoms with E-state index in [4.69, 9.17) is 0 Å². The monoisotopic (exact) mass is 371 g/mol. The van der Waals surface area contributed by atoms with Crippen molar-refractivity contribution >= 4 is 11.8 Å². The Morgan fingerprint density at radius 3 is 2.48 bits per heavy atom. The fourth-order valence-corrected chi connectivity index (χ4v) is 4.44. The Labute approximate surface area is 163 Å². The van der Waals surface area contributed by atoms with Gasteiger partial charge in [0.15, 0.2) is 0 Å². The second kappa shape index (κ2) is 8.01. The van der Waals surface area contributed by atoms with Crippen LogP contribution in [0, 0.1) is 19.3 Å². The molecule has 0 aromatic heterocycles. The molecular formula is C22H33N3O2. The van der Waals surface area contributed by atoms with E-state index < -0.39 is 0 Å². The van der Waals surface area contributed by atoms with E-state index in [-0.39, 0.29) is 17.2 Å². The van der Waals surface area contributed by atoms with Gasteiger partial charge in [0.2, 0.25) is 5.91 Å². The predicted octanol–water partition coefficient (Wildman–Crippen LogP) is 2.71. The lowest BCUT2D eigenvalue weighted by Crippen LogP contribution is -2.53. The molecule has 2 fully saturated rings. The van der Waals surface area contributed by atoms with Crippen LogP contribution in [0.25, 0.3) is 0 Å². The summed E-state index contributed by atoms with van der Waals surface area (Å²) in [6.07, 6.45) is 3.61. The van der Waals surface area contributed by atoms with E-state index in [2.05, 4.69) is 17.9 Å². The second-order valence-corrected chi connectivity index (χ2v) is 8.73. The maximum Gasteiger partial charge on any atom is 0.254 e. The van der Waals surface area contributed by atoms with Crippen molar-refractivity contribution in [2.24, 2.45) is 5.41 Å². The zero-order valence-corrected chi connectivity index (χ0v) is 17.3. The molecule has 27 heavy (non-hydrogen) atoms. The van der Waals surface area contributed by atoms with Gasteiger partial charge in [0.1, 0.15) is 0 Å². The van der Waals surface area contributed by atoms with E-state index in [9.17, 15) is 9.59 Å². The molecule has 0 radical (unpaired) electrons. The molecule has 0 unspecified atom stereocenters. The van der Waals surface area contributed by atoms with Gasteiger partial charge in [-0.05, 0) is 64.3 Å². The summed E-state index contributed by atoms with van der Waals surface area (Å²) in [6, 6.07) is 6.05. The highest BCUT2D eigenvalue weighted by molar-refractivity contribution is 5.95. The van der Waals surface area contributed by atoms with E-state index in [0.717, 1.165) is 63.1 Å². The number of carbonyl (C=O) groups excluding carboxylic acids is 2. The lowest BCUT2D eigenvalue weighted by molar-refractivity contribution is -0.139. The highest BCUT2D eigenvalue weighted by Crippen LogP contribution is 2.40. The first-order valence-electron chi connectivity index (χ1n) is 10.1. The average molecular weight is 372 g/mol. The molecule has 0 N–H and O–H groups in total. The number of amides is 2. The average Bonchev–Trinajstić information content (AvgIpc) is 2.63. The number of piperidine rings is 2. The van der Waals surface area contributed by atoms with Gasteiger partial charge in [-0.15, -0.1) is 0 Å². The first kappa shape index (κ1) is 19.9. The van der Waals surface area contributed by atoms with Crippen LogP contribution in [0.4, 0.5) is 0 Å². The fourth-order valence-electron chi connectivity index (χ4n) is 4.44. The van der Waals surface area contributed by atoms with E-state index >= 15 is 0 Å². The molecule has 5 heteroatoms. The molecule has 2 aliphatic rings. The van der Waals surface area contributed by atoms with Gasteiger partial charge in [-0.2, -0.15) is 0 Å². The van der Waals surface area contributed by atoms with Gasteiger partial charge >= 0.3 is 0 Å². The molecule has 5 nitrogen and oxygen atoms in total. The predicted molar refractivity (Wildman–Crippen MR) is 108 cm³/mol. The molecule has 1 aromatic carbocycles. The summed E-state index contributed by atoms with van der Waals surface area (Å²) in [7, 11) is 4.09. The first-order valence-corrected chi connectivity index (χ1v) is 10.1. The fraction of sp³-hybridized carbons (Fsp3) is 0.636. The number of likely N-dealkylation sites (N-methyl/N-ethyl adjacent to an activating group) is 1. The SMILES string of the molecule is Cc1ccc(C(=O)N2CCC3(CCC(=O)N(CCN(C)C)C3)CC2)c(C)c1. The van der Waals surface area contributed by atoms with Crippen LogP contribution in [0.3, 0.4) is 0 Å². The highest BCUT2D eigenvalue weighted by atomic mass is 16.2. The Balaban J connectivity index is 1.62. The van der Waals surface area contributed by atoms with Crippen LogP contribution in [0.15, 0.2) is 18.2 Å². The first-order chi connectivity index (χ1) is 12.8. The Morgan fingerprint density at radius 1 is 1.15 bits per heavy atom. The van der Waals surface area contributed by atoms with Crippen molar-refractivity contribution in [3.8, 4) is 0 Å². The Morgan fingerprint density at radius 2 is 1.85 bits per heavy atom. The lowest BCUT2D eigenvalue weighted by Gasteiger charge is -2.47. The van der Waals surface area contributed by atoms with Crippen molar-refractivity contribution < 1.29 is 9.59 Å². The number of nitrogens with zero attached hydrogens (tertiary/aromatic N) is 3. The largest absolute Gasteiger partial charge is 0.341 e. The maximum absolute atomic E-state index is 13.0. The van der Waals surface area contributed by atoms with Gasteiger partial charge < -0.3 is 14.7 Å². The number of rotatable bonds is 4. The van der Waals surface area contributed by atoms with E-state index in [1.807, 2.05) is 43.0 Å². The topological polar surface area (TPSA) is 43.9 Å². The molecule has 0 atom stereocenters. The van der Waals surface area contributed by atoms with Crippen molar-refractivity contribution in [1.29, 1.82) is 0 Å². The van der Waals surface area contributed by atoms with Gasteiger partial charge in [0.25, 0.3) is 5.91 Å². The van der Waals surface area contributed by atoms with Gasteiger partial charge in [0.05, 0.1) is 0 Å². The molecule has 2 aliphatic heterocycles. The molecule has 2 saturated heterocycles. The van der Waals surface area contributed by atoms with Crippen LogP contribution in [-0.2, 0) is 4.79 Å². The van der Waals surface area contributed by atoms with Crippen LogP contribution in [-0.4, -0.2) is 73.3 Å². The number of carbonyl (C=O) groups is 2. The molecule has 1 spiro atoms. The lowest BCUT2D eigenvalue weighted by atomic mass is 9.72. The van der Waals surface area contributed by atoms with E-state index in [0.29, 0.717) is 6.42 Å². The van der Waals surface area contributed by atoms with Gasteiger partial charge in [-0.1, -0.05) is 17.7 Å². The van der Waals surface area contributed by atoms with Crippen molar-refractivity contribution in [3.63, 3.8) is 0 Å². The van der Waals surface area contributed by atoms with Crippen LogP contribution >= 0.6 is 0 Å². The van der Waals surface area contributed by atoms with Gasteiger partial charge in [0, 0.05) is 44.7 Å². The molecule has 148 valence electrons. The number of aryl methyl sites for hydroxylation is 2. The summed E-state index contributed by atoms with van der Waals surface area (Å²) >= 11 is 0. The second-order valence-electron chi connectivity index (χ2n) is 8.73. The summed E-state index contributed by atoms with van der Waals surface area (Å²) in [6.45, 7) is 8.21. The van der Waals surface area contributed by atoms with Gasteiger partial charge in [-0.3, -0.25) is 9.59 Å². The van der Waals surface area contributed by atoms with Crippen LogP contribution < -0.4 is 0 Å². The minimum atomic E-state index is 0.152. The standard InChI is InChI=1S/C22H33N3O2/c1-17-5-6-19(18(2)15-17)21(27)24-11-9-22(10-12-24)8-7-20(26)25(16-22)14-13-23(3)4/h5-6,15H,7-14,16H2,1-4H3. The van der Waals surface area contributed by atoms with Crippen molar-refractivity contribution in [2.75, 3.05) is 46.8 Å². The summed E-state index contributed by atoms with van der Waals surface area (Å²) in [5.41, 5.74) is 3.26. The Hall–Kier alpha value is -1.88. The molecule has 3 rings (SSSR count). The van der Waals surface area contributed by atoms with Crippen molar-refractivity contribution in [3.05, 3.63) is 34.9 Å².